The summed E-state index contributed by atoms with van der Waals surface area (Å²) in [6.45, 7) is 5.07. The van der Waals surface area contributed by atoms with Crippen molar-refractivity contribution in [2.24, 2.45) is 5.92 Å². The van der Waals surface area contributed by atoms with Crippen molar-refractivity contribution in [2.75, 3.05) is 19.7 Å². The Kier molecular flexibility index (Phi) is 2.75. The summed E-state index contributed by atoms with van der Waals surface area (Å²) in [7, 11) is 0. The molecule has 0 saturated carbocycles. The van der Waals surface area contributed by atoms with E-state index in [1.54, 1.807) is 0 Å². The van der Waals surface area contributed by atoms with Crippen LogP contribution in [0.2, 0.25) is 0 Å². The molecule has 2 bridgehead atoms. The van der Waals surface area contributed by atoms with Crippen molar-refractivity contribution in [3.8, 4) is 5.88 Å². The molecule has 0 spiro atoms. The van der Waals surface area contributed by atoms with Gasteiger partial charge in [-0.1, -0.05) is 6.07 Å². The topological polar surface area (TPSA) is 25.4 Å². The third-order valence-electron chi connectivity index (χ3n) is 3.60. The smallest absolute Gasteiger partial charge is 0.213 e. The molecule has 0 atom stereocenters. The number of fused-ring (bicyclic) bond motifs is 2. The van der Waals surface area contributed by atoms with E-state index in [9.17, 15) is 0 Å². The molecule has 4 heterocycles. The van der Waals surface area contributed by atoms with Crippen LogP contribution in [0.5, 0.6) is 5.88 Å². The zero-order chi connectivity index (χ0) is 11.7. The Hall–Kier alpha value is -1.51. The van der Waals surface area contributed by atoms with Crippen LogP contribution in [0.3, 0.4) is 0 Å². The molecule has 0 unspecified atom stereocenters. The summed E-state index contributed by atoms with van der Waals surface area (Å²) in [5, 5.41) is 0. The first-order valence-electron chi connectivity index (χ1n) is 6.43. The van der Waals surface area contributed by atoms with Gasteiger partial charge in [-0.15, -0.1) is 0 Å². The van der Waals surface area contributed by atoms with Gasteiger partial charge in [0, 0.05) is 25.4 Å². The zero-order valence-electron chi connectivity index (χ0n) is 10.2. The van der Waals surface area contributed by atoms with Gasteiger partial charge in [0.1, 0.15) is 0 Å². The number of aromatic nitrogens is 1. The first-order chi connectivity index (χ1) is 8.36. The summed E-state index contributed by atoms with van der Waals surface area (Å²) in [6, 6.07) is 6.05. The summed E-state index contributed by atoms with van der Waals surface area (Å²) >= 11 is 0. The van der Waals surface area contributed by atoms with Gasteiger partial charge in [0.05, 0.1) is 12.3 Å². The lowest BCUT2D eigenvalue weighted by Gasteiger charge is -2.38. The highest BCUT2D eigenvalue weighted by Gasteiger charge is 2.28. The van der Waals surface area contributed by atoms with Crippen LogP contribution in [-0.4, -0.2) is 29.6 Å². The monoisotopic (exact) mass is 230 g/mol. The maximum atomic E-state index is 5.47. The SMILES string of the molecule is CCOc1cccc(C2=CN3CCC2CC3)n1. The standard InChI is InChI=1S/C14H18N2O/c1-2-17-14-5-3-4-13(15-14)12-10-16-8-6-11(12)7-9-16/h3-5,10-11H,2,6-9H2,1H3. The Morgan fingerprint density at radius 3 is 2.82 bits per heavy atom. The number of hydrogen-bond acceptors (Lipinski definition) is 3. The Morgan fingerprint density at radius 2 is 2.18 bits per heavy atom. The van der Waals surface area contributed by atoms with Crippen molar-refractivity contribution in [3.63, 3.8) is 0 Å². The number of pyridine rings is 1. The fraction of sp³-hybridized carbons (Fsp3) is 0.500. The zero-order valence-corrected chi connectivity index (χ0v) is 10.2. The van der Waals surface area contributed by atoms with Gasteiger partial charge in [0.15, 0.2) is 0 Å². The minimum atomic E-state index is 0.672. The first kappa shape index (κ1) is 10.6. The summed E-state index contributed by atoms with van der Waals surface area (Å²) in [4.78, 5) is 6.99. The average Bonchev–Trinajstić information content (AvgIpc) is 2.41. The van der Waals surface area contributed by atoms with Crippen molar-refractivity contribution < 1.29 is 4.74 Å². The number of piperidine rings is 1. The van der Waals surface area contributed by atoms with Gasteiger partial charge in [-0.2, -0.15) is 0 Å². The lowest BCUT2D eigenvalue weighted by atomic mass is 9.84. The maximum absolute atomic E-state index is 5.47. The number of allylic oxidation sites excluding steroid dienone is 1. The molecule has 0 aliphatic carbocycles. The molecule has 0 radical (unpaired) electrons. The second-order valence-electron chi connectivity index (χ2n) is 4.69. The van der Waals surface area contributed by atoms with E-state index in [2.05, 4.69) is 22.2 Å². The second kappa shape index (κ2) is 4.40. The normalized spacial score (nSPS) is 19.4. The molecule has 3 aliphatic rings. The highest BCUT2D eigenvalue weighted by molar-refractivity contribution is 5.66. The van der Waals surface area contributed by atoms with E-state index in [0.29, 0.717) is 12.5 Å². The summed E-state index contributed by atoms with van der Waals surface area (Å²) in [5.41, 5.74) is 2.48. The van der Waals surface area contributed by atoms with Gasteiger partial charge in [0.25, 0.3) is 0 Å². The Balaban J connectivity index is 1.91. The molecule has 0 amide bonds. The summed E-state index contributed by atoms with van der Waals surface area (Å²) < 4.78 is 5.47. The predicted octanol–water partition coefficient (Wildman–Crippen LogP) is 2.55. The lowest BCUT2D eigenvalue weighted by Crippen LogP contribution is -2.35. The number of hydrogen-bond donors (Lipinski definition) is 0. The third kappa shape index (κ3) is 2.02. The average molecular weight is 230 g/mol. The van der Waals surface area contributed by atoms with Crippen molar-refractivity contribution in [2.45, 2.75) is 19.8 Å². The first-order valence-corrected chi connectivity index (χ1v) is 6.43. The fourth-order valence-corrected chi connectivity index (χ4v) is 2.72. The second-order valence-corrected chi connectivity index (χ2v) is 4.69. The maximum Gasteiger partial charge on any atom is 0.213 e. The number of ether oxygens (including phenoxy) is 1. The van der Waals surface area contributed by atoms with E-state index in [-0.39, 0.29) is 0 Å². The van der Waals surface area contributed by atoms with Gasteiger partial charge >= 0.3 is 0 Å². The molecule has 1 saturated heterocycles. The van der Waals surface area contributed by atoms with Gasteiger partial charge in [-0.05, 0) is 37.3 Å². The van der Waals surface area contributed by atoms with Crippen molar-refractivity contribution in [1.29, 1.82) is 0 Å². The molecule has 0 aromatic carbocycles. The minimum absolute atomic E-state index is 0.672. The van der Waals surface area contributed by atoms with E-state index < -0.39 is 0 Å². The van der Waals surface area contributed by atoms with E-state index in [4.69, 9.17) is 4.74 Å². The van der Waals surface area contributed by atoms with Crippen LogP contribution in [-0.2, 0) is 0 Å². The number of nitrogens with zero attached hydrogens (tertiary/aromatic N) is 2. The molecule has 3 heteroatoms. The quantitative estimate of drug-likeness (QED) is 0.798. The van der Waals surface area contributed by atoms with Crippen LogP contribution in [0.4, 0.5) is 0 Å². The molecule has 17 heavy (non-hydrogen) atoms. The van der Waals surface area contributed by atoms with Crippen LogP contribution in [0, 0.1) is 5.92 Å². The van der Waals surface area contributed by atoms with E-state index in [1.165, 1.54) is 31.5 Å². The molecule has 1 aromatic rings. The van der Waals surface area contributed by atoms with Crippen molar-refractivity contribution in [1.82, 2.24) is 9.88 Å². The van der Waals surface area contributed by atoms with Gasteiger partial charge in [-0.25, -0.2) is 4.98 Å². The van der Waals surface area contributed by atoms with Gasteiger partial charge in [0.2, 0.25) is 5.88 Å². The Labute approximate surface area is 102 Å². The molecule has 1 fully saturated rings. The Morgan fingerprint density at radius 1 is 1.35 bits per heavy atom. The van der Waals surface area contributed by atoms with Crippen LogP contribution in [0.15, 0.2) is 24.4 Å². The van der Waals surface area contributed by atoms with Crippen molar-refractivity contribution >= 4 is 5.57 Å². The van der Waals surface area contributed by atoms with Crippen LogP contribution >= 0.6 is 0 Å². The molecule has 3 aliphatic heterocycles. The highest BCUT2D eigenvalue weighted by atomic mass is 16.5. The molecule has 90 valence electrons. The molecular formula is C14H18N2O. The molecule has 4 rings (SSSR count). The third-order valence-corrected chi connectivity index (χ3v) is 3.60. The molecule has 0 N–H and O–H groups in total. The van der Waals surface area contributed by atoms with Gasteiger partial charge in [-0.3, -0.25) is 0 Å². The highest BCUT2D eigenvalue weighted by Crippen LogP contribution is 2.36. The fourth-order valence-electron chi connectivity index (χ4n) is 2.72. The number of rotatable bonds is 3. The van der Waals surface area contributed by atoms with Crippen LogP contribution < -0.4 is 4.74 Å². The molecular weight excluding hydrogens is 212 g/mol. The largest absolute Gasteiger partial charge is 0.478 e. The van der Waals surface area contributed by atoms with E-state index >= 15 is 0 Å². The summed E-state index contributed by atoms with van der Waals surface area (Å²) in [5.74, 6) is 1.44. The summed E-state index contributed by atoms with van der Waals surface area (Å²) in [6.07, 6.45) is 4.83. The Bertz CT molecular complexity index is 434. The minimum Gasteiger partial charge on any atom is -0.478 e. The predicted molar refractivity (Wildman–Crippen MR) is 67.7 cm³/mol. The van der Waals surface area contributed by atoms with Crippen LogP contribution in [0.1, 0.15) is 25.5 Å². The molecule has 3 nitrogen and oxygen atoms in total. The van der Waals surface area contributed by atoms with Crippen LogP contribution in [0.25, 0.3) is 5.57 Å². The van der Waals surface area contributed by atoms with Crippen molar-refractivity contribution in [3.05, 3.63) is 30.1 Å². The molecule has 1 aromatic heterocycles. The van der Waals surface area contributed by atoms with E-state index in [1.807, 2.05) is 19.1 Å². The lowest BCUT2D eigenvalue weighted by molar-refractivity contribution is 0.252. The van der Waals surface area contributed by atoms with Gasteiger partial charge < -0.3 is 9.64 Å². The van der Waals surface area contributed by atoms with E-state index in [0.717, 1.165) is 11.6 Å².